The van der Waals surface area contributed by atoms with Crippen molar-refractivity contribution in [2.45, 2.75) is 6.54 Å². The molecule has 0 radical (unpaired) electrons. The molecule has 0 spiro atoms. The van der Waals surface area contributed by atoms with Gasteiger partial charge in [-0.1, -0.05) is 0 Å². The van der Waals surface area contributed by atoms with E-state index >= 15 is 0 Å². The van der Waals surface area contributed by atoms with Gasteiger partial charge in [-0.05, 0) is 18.2 Å². The van der Waals surface area contributed by atoms with Crippen LogP contribution >= 0.6 is 0 Å². The Bertz CT molecular complexity index is 734. The highest BCUT2D eigenvalue weighted by atomic mass is 16.3. The van der Waals surface area contributed by atoms with Crippen LogP contribution in [0.15, 0.2) is 47.5 Å². The summed E-state index contributed by atoms with van der Waals surface area (Å²) in [6.07, 6.45) is 6.33. The van der Waals surface area contributed by atoms with Crippen LogP contribution in [-0.2, 0) is 13.6 Å². The molecule has 0 aliphatic rings. The van der Waals surface area contributed by atoms with E-state index < -0.39 is 0 Å². The molecule has 1 amide bonds. The fourth-order valence-electron chi connectivity index (χ4n) is 1.89. The van der Waals surface area contributed by atoms with Crippen LogP contribution in [0.1, 0.15) is 16.2 Å². The number of hydrogen-bond acceptors (Lipinski definition) is 5. The van der Waals surface area contributed by atoms with Crippen molar-refractivity contribution >= 4 is 5.91 Å². The summed E-state index contributed by atoms with van der Waals surface area (Å²) in [5, 5.41) is 7.14. The highest BCUT2D eigenvalue weighted by molar-refractivity contribution is 5.91. The topological polar surface area (TPSA) is 85.8 Å². The summed E-state index contributed by atoms with van der Waals surface area (Å²) < 4.78 is 6.74. The number of hydrogen-bond donors (Lipinski definition) is 1. The minimum absolute atomic E-state index is 0.262. The van der Waals surface area contributed by atoms with Gasteiger partial charge in [0.25, 0.3) is 5.91 Å². The summed E-state index contributed by atoms with van der Waals surface area (Å²) >= 11 is 0. The molecule has 21 heavy (non-hydrogen) atoms. The number of aromatic nitrogens is 4. The number of nitrogens with zero attached hydrogens (tertiary/aromatic N) is 4. The molecule has 0 fully saturated rings. The molecule has 3 aromatic rings. The largest absolute Gasteiger partial charge is 0.459 e. The second kappa shape index (κ2) is 5.58. The second-order valence-corrected chi connectivity index (χ2v) is 4.40. The molecule has 0 saturated carbocycles. The Labute approximate surface area is 120 Å². The van der Waals surface area contributed by atoms with Crippen molar-refractivity contribution in [3.8, 4) is 11.4 Å². The van der Waals surface area contributed by atoms with E-state index in [-0.39, 0.29) is 11.7 Å². The van der Waals surface area contributed by atoms with Crippen LogP contribution in [0.2, 0.25) is 0 Å². The normalized spacial score (nSPS) is 10.5. The van der Waals surface area contributed by atoms with E-state index in [1.165, 1.54) is 6.26 Å². The molecule has 3 rings (SSSR count). The summed E-state index contributed by atoms with van der Waals surface area (Å²) in [5.41, 5.74) is 2.26. The van der Waals surface area contributed by atoms with Gasteiger partial charge in [-0.3, -0.25) is 19.4 Å². The Morgan fingerprint density at radius 1 is 1.38 bits per heavy atom. The van der Waals surface area contributed by atoms with Crippen molar-refractivity contribution in [1.29, 1.82) is 0 Å². The average molecular weight is 283 g/mol. The molecule has 1 N–H and O–H groups in total. The Kier molecular flexibility index (Phi) is 3.46. The molecule has 0 unspecified atom stereocenters. The third-order valence-corrected chi connectivity index (χ3v) is 2.98. The number of nitrogens with one attached hydrogen (secondary N) is 1. The van der Waals surface area contributed by atoms with Gasteiger partial charge in [-0.25, -0.2) is 0 Å². The monoisotopic (exact) mass is 283 g/mol. The molecular formula is C14H13N5O2. The quantitative estimate of drug-likeness (QED) is 0.782. The number of carbonyl (C=O) groups excluding carboxylic acids is 1. The zero-order chi connectivity index (χ0) is 14.7. The fourth-order valence-corrected chi connectivity index (χ4v) is 1.89. The lowest BCUT2D eigenvalue weighted by Gasteiger charge is -2.03. The van der Waals surface area contributed by atoms with Gasteiger partial charge in [0.1, 0.15) is 11.4 Å². The van der Waals surface area contributed by atoms with Crippen LogP contribution in [0, 0.1) is 0 Å². The molecule has 3 heterocycles. The van der Waals surface area contributed by atoms with E-state index in [2.05, 4.69) is 20.4 Å². The van der Waals surface area contributed by atoms with Crippen LogP contribution in [0.3, 0.4) is 0 Å². The smallest absolute Gasteiger partial charge is 0.287 e. The minimum atomic E-state index is -0.262. The highest BCUT2D eigenvalue weighted by Crippen LogP contribution is 2.15. The third-order valence-electron chi connectivity index (χ3n) is 2.98. The molecule has 7 heteroatoms. The van der Waals surface area contributed by atoms with Crippen LogP contribution in [0.5, 0.6) is 0 Å². The molecule has 0 aliphatic heterocycles. The Balaban J connectivity index is 1.72. The molecule has 3 aromatic heterocycles. The van der Waals surface area contributed by atoms with E-state index in [0.717, 1.165) is 5.69 Å². The van der Waals surface area contributed by atoms with Gasteiger partial charge in [0, 0.05) is 19.4 Å². The summed E-state index contributed by atoms with van der Waals surface area (Å²) in [4.78, 5) is 20.0. The number of aryl methyl sites for hydroxylation is 1. The van der Waals surface area contributed by atoms with Crippen molar-refractivity contribution in [3.63, 3.8) is 0 Å². The van der Waals surface area contributed by atoms with Gasteiger partial charge >= 0.3 is 0 Å². The van der Waals surface area contributed by atoms with E-state index in [1.807, 2.05) is 13.1 Å². The van der Waals surface area contributed by atoms with Crippen molar-refractivity contribution < 1.29 is 9.21 Å². The maximum atomic E-state index is 11.8. The van der Waals surface area contributed by atoms with E-state index in [0.29, 0.717) is 17.9 Å². The first-order valence-corrected chi connectivity index (χ1v) is 6.35. The van der Waals surface area contributed by atoms with Gasteiger partial charge in [0.15, 0.2) is 5.76 Å². The highest BCUT2D eigenvalue weighted by Gasteiger charge is 2.11. The zero-order valence-electron chi connectivity index (χ0n) is 11.4. The lowest BCUT2D eigenvalue weighted by atomic mass is 10.3. The molecule has 7 nitrogen and oxygen atoms in total. The molecule has 106 valence electrons. The standard InChI is InChI=1S/C14H13N5O2/c1-19-10(8-17-14(20)13-3-2-6-21-13)7-11(18-19)12-9-15-4-5-16-12/h2-7,9H,8H2,1H3,(H,17,20). The predicted molar refractivity (Wildman–Crippen MR) is 74.1 cm³/mol. The molecule has 0 saturated heterocycles. The summed E-state index contributed by atoms with van der Waals surface area (Å²) in [7, 11) is 1.81. The predicted octanol–water partition coefficient (Wildman–Crippen LogP) is 1.40. The molecular weight excluding hydrogens is 270 g/mol. The number of amides is 1. The summed E-state index contributed by atoms with van der Waals surface area (Å²) in [6, 6.07) is 5.15. The zero-order valence-corrected chi connectivity index (χ0v) is 11.4. The molecule has 0 bridgehead atoms. The molecule has 0 atom stereocenters. The van der Waals surface area contributed by atoms with Crippen molar-refractivity contribution in [2.75, 3.05) is 0 Å². The lowest BCUT2D eigenvalue weighted by molar-refractivity contribution is 0.0922. The van der Waals surface area contributed by atoms with Crippen LogP contribution in [0.25, 0.3) is 11.4 Å². The van der Waals surface area contributed by atoms with Gasteiger partial charge < -0.3 is 9.73 Å². The van der Waals surface area contributed by atoms with Gasteiger partial charge in [-0.15, -0.1) is 0 Å². The van der Waals surface area contributed by atoms with Crippen molar-refractivity contribution in [2.24, 2.45) is 7.05 Å². The van der Waals surface area contributed by atoms with Crippen LogP contribution < -0.4 is 5.32 Å². The number of carbonyl (C=O) groups is 1. The Morgan fingerprint density at radius 2 is 2.29 bits per heavy atom. The third kappa shape index (κ3) is 2.81. The molecule has 0 aliphatic carbocycles. The minimum Gasteiger partial charge on any atom is -0.459 e. The first-order chi connectivity index (χ1) is 10.2. The Morgan fingerprint density at radius 3 is 3.00 bits per heavy atom. The van der Waals surface area contributed by atoms with Crippen LogP contribution in [-0.4, -0.2) is 25.7 Å². The van der Waals surface area contributed by atoms with Gasteiger partial charge in [0.2, 0.25) is 0 Å². The van der Waals surface area contributed by atoms with Crippen molar-refractivity contribution in [1.82, 2.24) is 25.1 Å². The second-order valence-electron chi connectivity index (χ2n) is 4.40. The first kappa shape index (κ1) is 13.0. The maximum Gasteiger partial charge on any atom is 0.287 e. The summed E-state index contributed by atoms with van der Waals surface area (Å²) in [5.74, 6) is 0.0218. The number of rotatable bonds is 4. The van der Waals surface area contributed by atoms with Gasteiger partial charge in [-0.2, -0.15) is 5.10 Å². The van der Waals surface area contributed by atoms with E-state index in [1.54, 1.807) is 35.4 Å². The van der Waals surface area contributed by atoms with Gasteiger partial charge in [0.05, 0.1) is 24.7 Å². The SMILES string of the molecule is Cn1nc(-c2cnccn2)cc1CNC(=O)c1ccco1. The maximum absolute atomic E-state index is 11.8. The van der Waals surface area contributed by atoms with Crippen LogP contribution in [0.4, 0.5) is 0 Å². The summed E-state index contributed by atoms with van der Waals surface area (Å²) in [6.45, 7) is 0.350. The Hall–Kier alpha value is -2.96. The number of furan rings is 1. The lowest BCUT2D eigenvalue weighted by Crippen LogP contribution is -2.23. The first-order valence-electron chi connectivity index (χ1n) is 6.35. The van der Waals surface area contributed by atoms with E-state index in [4.69, 9.17) is 4.42 Å². The average Bonchev–Trinajstić information content (AvgIpc) is 3.16. The fraction of sp³-hybridized carbons (Fsp3) is 0.143. The van der Waals surface area contributed by atoms with Crippen molar-refractivity contribution in [3.05, 3.63) is 54.5 Å². The van der Waals surface area contributed by atoms with E-state index in [9.17, 15) is 4.79 Å². The molecule has 0 aromatic carbocycles.